The normalized spacial score (nSPS) is 16.8. The van der Waals surface area contributed by atoms with Gasteiger partial charge in [-0.05, 0) is 18.8 Å². The van der Waals surface area contributed by atoms with Crippen molar-refractivity contribution >= 4 is 11.8 Å². The van der Waals surface area contributed by atoms with Crippen LogP contribution in [0.4, 0.5) is 0 Å². The number of nitrogens with one attached hydrogen (secondary N) is 2. The van der Waals surface area contributed by atoms with Crippen LogP contribution in [0.1, 0.15) is 38.5 Å². The van der Waals surface area contributed by atoms with Crippen molar-refractivity contribution in [2.45, 2.75) is 38.5 Å². The Balaban J connectivity index is 2.08. The van der Waals surface area contributed by atoms with Crippen LogP contribution in [-0.4, -0.2) is 25.5 Å². The monoisotopic (exact) mass is 228 g/mol. The standard InChI is InChI=1S/C11H20N2O3/c1-12-11(15)8-16-13-10(14)7-9-5-3-2-4-6-9/h9H,2-8H2,1H3,(H,12,15)(H,13,14). The van der Waals surface area contributed by atoms with E-state index in [9.17, 15) is 9.59 Å². The molecule has 1 aliphatic rings. The number of hydrogen-bond acceptors (Lipinski definition) is 3. The molecule has 0 aromatic carbocycles. The lowest BCUT2D eigenvalue weighted by Gasteiger charge is -2.20. The van der Waals surface area contributed by atoms with Gasteiger partial charge in [0, 0.05) is 13.5 Å². The first kappa shape index (κ1) is 13.0. The highest BCUT2D eigenvalue weighted by Gasteiger charge is 2.17. The van der Waals surface area contributed by atoms with Crippen molar-refractivity contribution in [3.63, 3.8) is 0 Å². The molecular formula is C11H20N2O3. The van der Waals surface area contributed by atoms with Crippen LogP contribution < -0.4 is 10.8 Å². The van der Waals surface area contributed by atoms with E-state index in [0.717, 1.165) is 12.8 Å². The van der Waals surface area contributed by atoms with Gasteiger partial charge in [-0.3, -0.25) is 14.4 Å². The Labute approximate surface area is 95.9 Å². The maximum Gasteiger partial charge on any atom is 0.248 e. The van der Waals surface area contributed by atoms with Crippen molar-refractivity contribution in [3.05, 3.63) is 0 Å². The molecule has 0 radical (unpaired) electrons. The first-order valence-electron chi connectivity index (χ1n) is 5.83. The molecule has 5 heteroatoms. The van der Waals surface area contributed by atoms with E-state index in [-0.39, 0.29) is 18.4 Å². The predicted molar refractivity (Wildman–Crippen MR) is 59.4 cm³/mol. The highest BCUT2D eigenvalue weighted by atomic mass is 16.7. The van der Waals surface area contributed by atoms with Crippen molar-refractivity contribution in [2.75, 3.05) is 13.7 Å². The molecule has 2 amide bonds. The molecule has 1 fully saturated rings. The minimum atomic E-state index is -0.252. The highest BCUT2D eigenvalue weighted by molar-refractivity contribution is 5.78. The molecule has 0 aliphatic heterocycles. The molecule has 0 heterocycles. The van der Waals surface area contributed by atoms with Gasteiger partial charge in [0.05, 0.1) is 0 Å². The summed E-state index contributed by atoms with van der Waals surface area (Å²) in [7, 11) is 1.52. The molecular weight excluding hydrogens is 208 g/mol. The van der Waals surface area contributed by atoms with Gasteiger partial charge in [-0.15, -0.1) is 0 Å². The zero-order chi connectivity index (χ0) is 11.8. The number of hydrogen-bond donors (Lipinski definition) is 2. The summed E-state index contributed by atoms with van der Waals surface area (Å²) in [4.78, 5) is 27.0. The van der Waals surface area contributed by atoms with Crippen molar-refractivity contribution in [3.8, 4) is 0 Å². The van der Waals surface area contributed by atoms with Gasteiger partial charge >= 0.3 is 0 Å². The third-order valence-electron chi connectivity index (χ3n) is 2.87. The average molecular weight is 228 g/mol. The molecule has 0 bridgehead atoms. The number of amides is 2. The lowest BCUT2D eigenvalue weighted by Crippen LogP contribution is -2.32. The second-order valence-electron chi connectivity index (χ2n) is 4.20. The Morgan fingerprint density at radius 1 is 1.19 bits per heavy atom. The summed E-state index contributed by atoms with van der Waals surface area (Å²) in [5.41, 5.74) is 2.30. The van der Waals surface area contributed by atoms with Crippen molar-refractivity contribution < 1.29 is 14.4 Å². The first-order valence-corrected chi connectivity index (χ1v) is 5.83. The quantitative estimate of drug-likeness (QED) is 0.682. The maximum absolute atomic E-state index is 11.4. The molecule has 1 rings (SSSR count). The predicted octanol–water partition coefficient (Wildman–Crippen LogP) is 0.751. The molecule has 1 saturated carbocycles. The van der Waals surface area contributed by atoms with Gasteiger partial charge in [-0.2, -0.15) is 0 Å². The van der Waals surface area contributed by atoms with Gasteiger partial charge in [0.15, 0.2) is 6.61 Å². The minimum absolute atomic E-state index is 0.129. The van der Waals surface area contributed by atoms with E-state index in [1.165, 1.54) is 26.3 Å². The molecule has 0 spiro atoms. The lowest BCUT2D eigenvalue weighted by atomic mass is 9.87. The van der Waals surface area contributed by atoms with Crippen LogP contribution in [0.5, 0.6) is 0 Å². The molecule has 0 aromatic heterocycles. The molecule has 1 aliphatic carbocycles. The summed E-state index contributed by atoms with van der Waals surface area (Å²) in [5.74, 6) is 0.103. The highest BCUT2D eigenvalue weighted by Crippen LogP contribution is 2.25. The molecule has 0 unspecified atom stereocenters. The van der Waals surface area contributed by atoms with Gasteiger partial charge in [0.25, 0.3) is 0 Å². The average Bonchev–Trinajstić information content (AvgIpc) is 2.30. The fourth-order valence-corrected chi connectivity index (χ4v) is 1.95. The van der Waals surface area contributed by atoms with Gasteiger partial charge in [0.1, 0.15) is 0 Å². The first-order chi connectivity index (χ1) is 7.72. The molecule has 0 aromatic rings. The summed E-state index contributed by atoms with van der Waals surface area (Å²) in [5, 5.41) is 2.40. The van der Waals surface area contributed by atoms with E-state index in [0.29, 0.717) is 12.3 Å². The van der Waals surface area contributed by atoms with E-state index in [4.69, 9.17) is 4.84 Å². The third-order valence-corrected chi connectivity index (χ3v) is 2.87. The summed E-state index contributed by atoms with van der Waals surface area (Å²) in [6.07, 6.45) is 6.48. The number of likely N-dealkylation sites (N-methyl/N-ethyl adjacent to an activating group) is 1. The zero-order valence-corrected chi connectivity index (χ0v) is 9.75. The SMILES string of the molecule is CNC(=O)CONC(=O)CC1CCCCC1. The van der Waals surface area contributed by atoms with E-state index in [1.54, 1.807) is 0 Å². The number of rotatable bonds is 5. The largest absolute Gasteiger partial charge is 0.357 e. The topological polar surface area (TPSA) is 67.4 Å². The molecule has 16 heavy (non-hydrogen) atoms. The van der Waals surface area contributed by atoms with Crippen LogP contribution in [0.15, 0.2) is 0 Å². The Bertz CT molecular complexity index is 237. The van der Waals surface area contributed by atoms with Crippen LogP contribution >= 0.6 is 0 Å². The summed E-state index contributed by atoms with van der Waals surface area (Å²) < 4.78 is 0. The summed E-state index contributed by atoms with van der Waals surface area (Å²) in [6, 6.07) is 0. The maximum atomic E-state index is 11.4. The van der Waals surface area contributed by atoms with Crippen molar-refractivity contribution in [2.24, 2.45) is 5.92 Å². The van der Waals surface area contributed by atoms with E-state index >= 15 is 0 Å². The molecule has 0 saturated heterocycles. The van der Waals surface area contributed by atoms with Crippen molar-refractivity contribution in [1.29, 1.82) is 0 Å². The molecule has 5 nitrogen and oxygen atoms in total. The number of hydroxylamine groups is 1. The van der Waals surface area contributed by atoms with Gasteiger partial charge < -0.3 is 5.32 Å². The third kappa shape index (κ3) is 5.11. The van der Waals surface area contributed by atoms with E-state index < -0.39 is 0 Å². The van der Waals surface area contributed by atoms with Crippen LogP contribution in [0.2, 0.25) is 0 Å². The van der Waals surface area contributed by atoms with E-state index in [2.05, 4.69) is 10.8 Å². The Morgan fingerprint density at radius 2 is 1.88 bits per heavy atom. The van der Waals surface area contributed by atoms with Crippen molar-refractivity contribution in [1.82, 2.24) is 10.8 Å². The fourth-order valence-electron chi connectivity index (χ4n) is 1.95. The second-order valence-corrected chi connectivity index (χ2v) is 4.20. The Hall–Kier alpha value is -1.10. The number of carbonyl (C=O) groups excluding carboxylic acids is 2. The van der Waals surface area contributed by atoms with Crippen LogP contribution in [0.25, 0.3) is 0 Å². The van der Waals surface area contributed by atoms with Crippen LogP contribution in [0.3, 0.4) is 0 Å². The smallest absolute Gasteiger partial charge is 0.248 e. The van der Waals surface area contributed by atoms with Crippen LogP contribution in [-0.2, 0) is 14.4 Å². The van der Waals surface area contributed by atoms with Gasteiger partial charge in [0.2, 0.25) is 11.8 Å². The Kier molecular flexibility index (Phi) is 5.85. The van der Waals surface area contributed by atoms with Gasteiger partial charge in [-0.25, -0.2) is 5.48 Å². The summed E-state index contributed by atoms with van der Waals surface area (Å²) >= 11 is 0. The van der Waals surface area contributed by atoms with E-state index in [1.807, 2.05) is 0 Å². The molecule has 92 valence electrons. The fraction of sp³-hybridized carbons (Fsp3) is 0.818. The zero-order valence-electron chi connectivity index (χ0n) is 9.75. The molecule has 2 N–H and O–H groups in total. The summed E-state index contributed by atoms with van der Waals surface area (Å²) in [6.45, 7) is -0.132. The Morgan fingerprint density at radius 3 is 2.50 bits per heavy atom. The molecule has 0 atom stereocenters. The van der Waals surface area contributed by atoms with Gasteiger partial charge in [-0.1, -0.05) is 19.3 Å². The number of carbonyl (C=O) groups is 2. The minimum Gasteiger partial charge on any atom is -0.357 e. The van der Waals surface area contributed by atoms with Crippen LogP contribution in [0, 0.1) is 5.92 Å². The second kappa shape index (κ2) is 7.22. The lowest BCUT2D eigenvalue weighted by molar-refractivity contribution is -0.139.